The van der Waals surface area contributed by atoms with Gasteiger partial charge in [0.15, 0.2) is 5.13 Å². The Labute approximate surface area is 104 Å². The minimum absolute atomic E-state index is 0.00579. The summed E-state index contributed by atoms with van der Waals surface area (Å²) in [7, 11) is 0. The fraction of sp³-hybridized carbons (Fsp3) is 0.333. The van der Waals surface area contributed by atoms with Crippen molar-refractivity contribution in [3.63, 3.8) is 0 Å². The van der Waals surface area contributed by atoms with E-state index in [2.05, 4.69) is 11.9 Å². The number of hydrogen-bond acceptors (Lipinski definition) is 4. The number of aromatic nitrogens is 2. The SMILES string of the molecule is CCCCn1cccc(-c2csc(N)n2)c1=O. The van der Waals surface area contributed by atoms with Crippen LogP contribution in [0.2, 0.25) is 0 Å². The van der Waals surface area contributed by atoms with E-state index in [-0.39, 0.29) is 5.56 Å². The lowest BCUT2D eigenvalue weighted by atomic mass is 10.2. The monoisotopic (exact) mass is 249 g/mol. The topological polar surface area (TPSA) is 60.9 Å². The Hall–Kier alpha value is -1.62. The number of pyridine rings is 1. The van der Waals surface area contributed by atoms with E-state index >= 15 is 0 Å². The highest BCUT2D eigenvalue weighted by atomic mass is 32.1. The molecule has 0 saturated carbocycles. The van der Waals surface area contributed by atoms with E-state index in [9.17, 15) is 4.79 Å². The molecule has 4 nitrogen and oxygen atoms in total. The van der Waals surface area contributed by atoms with E-state index in [0.29, 0.717) is 16.4 Å². The van der Waals surface area contributed by atoms with Gasteiger partial charge in [-0.2, -0.15) is 0 Å². The van der Waals surface area contributed by atoms with Gasteiger partial charge in [-0.3, -0.25) is 4.79 Å². The molecule has 2 aromatic rings. The summed E-state index contributed by atoms with van der Waals surface area (Å²) in [6.07, 6.45) is 3.89. The fourth-order valence-electron chi connectivity index (χ4n) is 1.65. The standard InChI is InChI=1S/C12H15N3OS/c1-2-3-6-15-7-4-5-9(11(15)16)10-8-17-12(13)14-10/h4-5,7-8H,2-3,6H2,1H3,(H2,13,14). The number of rotatable bonds is 4. The van der Waals surface area contributed by atoms with Gasteiger partial charge in [0.05, 0.1) is 11.3 Å². The zero-order chi connectivity index (χ0) is 12.3. The van der Waals surface area contributed by atoms with Crippen LogP contribution in [0.3, 0.4) is 0 Å². The van der Waals surface area contributed by atoms with Crippen LogP contribution in [0.25, 0.3) is 11.3 Å². The molecule has 2 heterocycles. The predicted octanol–water partition coefficient (Wildman–Crippen LogP) is 2.35. The van der Waals surface area contributed by atoms with Gasteiger partial charge in [-0.1, -0.05) is 13.3 Å². The highest BCUT2D eigenvalue weighted by molar-refractivity contribution is 7.13. The summed E-state index contributed by atoms with van der Waals surface area (Å²) in [6, 6.07) is 3.67. The molecular weight excluding hydrogens is 234 g/mol. The van der Waals surface area contributed by atoms with Gasteiger partial charge >= 0.3 is 0 Å². The van der Waals surface area contributed by atoms with Gasteiger partial charge in [0.1, 0.15) is 0 Å². The number of hydrogen-bond donors (Lipinski definition) is 1. The largest absolute Gasteiger partial charge is 0.375 e. The molecule has 0 radical (unpaired) electrons. The number of nitrogens with two attached hydrogens (primary N) is 1. The van der Waals surface area contributed by atoms with Crippen molar-refractivity contribution >= 4 is 16.5 Å². The van der Waals surface area contributed by atoms with Gasteiger partial charge < -0.3 is 10.3 Å². The number of nitrogens with zero attached hydrogens (tertiary/aromatic N) is 2. The zero-order valence-electron chi connectivity index (χ0n) is 9.72. The summed E-state index contributed by atoms with van der Waals surface area (Å²) in [5.41, 5.74) is 6.88. The van der Waals surface area contributed by atoms with Crippen molar-refractivity contribution in [2.24, 2.45) is 0 Å². The average molecular weight is 249 g/mol. The second-order valence-electron chi connectivity index (χ2n) is 3.84. The predicted molar refractivity (Wildman–Crippen MR) is 71.1 cm³/mol. The molecule has 0 saturated heterocycles. The molecule has 0 amide bonds. The normalized spacial score (nSPS) is 10.6. The maximum atomic E-state index is 12.2. The molecule has 0 bridgehead atoms. The summed E-state index contributed by atoms with van der Waals surface area (Å²) in [4.78, 5) is 16.3. The number of anilines is 1. The van der Waals surface area contributed by atoms with E-state index in [1.807, 2.05) is 17.6 Å². The first kappa shape index (κ1) is 11.9. The Morgan fingerprint density at radius 3 is 3.00 bits per heavy atom. The second kappa shape index (κ2) is 5.14. The summed E-state index contributed by atoms with van der Waals surface area (Å²) in [6.45, 7) is 2.86. The summed E-state index contributed by atoms with van der Waals surface area (Å²) >= 11 is 1.35. The third-order valence-corrected chi connectivity index (χ3v) is 3.24. The molecule has 0 unspecified atom stereocenters. The number of unbranched alkanes of at least 4 members (excludes halogenated alkanes) is 1. The van der Waals surface area contributed by atoms with Crippen LogP contribution in [0.1, 0.15) is 19.8 Å². The Kier molecular flexibility index (Phi) is 3.58. The first-order valence-corrected chi connectivity index (χ1v) is 6.51. The maximum absolute atomic E-state index is 12.2. The van der Waals surface area contributed by atoms with E-state index in [4.69, 9.17) is 5.73 Å². The highest BCUT2D eigenvalue weighted by Crippen LogP contribution is 2.19. The molecule has 2 rings (SSSR count). The van der Waals surface area contributed by atoms with Crippen LogP contribution in [0.15, 0.2) is 28.5 Å². The summed E-state index contributed by atoms with van der Waals surface area (Å²) < 4.78 is 1.73. The molecule has 0 aromatic carbocycles. The van der Waals surface area contributed by atoms with Gasteiger partial charge in [-0.15, -0.1) is 11.3 Å². The van der Waals surface area contributed by atoms with E-state index in [1.165, 1.54) is 11.3 Å². The maximum Gasteiger partial charge on any atom is 0.260 e. The Morgan fingerprint density at radius 2 is 2.35 bits per heavy atom. The van der Waals surface area contributed by atoms with Crippen LogP contribution in [-0.4, -0.2) is 9.55 Å². The van der Waals surface area contributed by atoms with Crippen LogP contribution in [0, 0.1) is 0 Å². The summed E-state index contributed by atoms with van der Waals surface area (Å²) in [5, 5.41) is 2.30. The molecule has 2 aromatic heterocycles. The molecule has 0 spiro atoms. The van der Waals surface area contributed by atoms with Crippen molar-refractivity contribution in [2.75, 3.05) is 5.73 Å². The molecular formula is C12H15N3OS. The lowest BCUT2D eigenvalue weighted by Gasteiger charge is -2.05. The van der Waals surface area contributed by atoms with Crippen LogP contribution in [-0.2, 0) is 6.54 Å². The van der Waals surface area contributed by atoms with Crippen molar-refractivity contribution < 1.29 is 0 Å². The molecule has 0 fully saturated rings. The van der Waals surface area contributed by atoms with Crippen molar-refractivity contribution in [1.29, 1.82) is 0 Å². The van der Waals surface area contributed by atoms with Gasteiger partial charge in [0, 0.05) is 18.1 Å². The Morgan fingerprint density at radius 1 is 1.53 bits per heavy atom. The average Bonchev–Trinajstić information content (AvgIpc) is 2.74. The Bertz CT molecular complexity index is 559. The highest BCUT2D eigenvalue weighted by Gasteiger charge is 2.08. The molecule has 0 aliphatic rings. The van der Waals surface area contributed by atoms with E-state index in [1.54, 1.807) is 10.6 Å². The van der Waals surface area contributed by atoms with E-state index < -0.39 is 0 Å². The number of thiazole rings is 1. The quantitative estimate of drug-likeness (QED) is 0.904. The van der Waals surface area contributed by atoms with E-state index in [0.717, 1.165) is 19.4 Å². The zero-order valence-corrected chi connectivity index (χ0v) is 10.5. The van der Waals surface area contributed by atoms with Crippen LogP contribution in [0.5, 0.6) is 0 Å². The van der Waals surface area contributed by atoms with Crippen LogP contribution < -0.4 is 11.3 Å². The van der Waals surface area contributed by atoms with Gasteiger partial charge in [0.2, 0.25) is 0 Å². The number of aryl methyl sites for hydroxylation is 1. The van der Waals surface area contributed by atoms with Crippen LogP contribution >= 0.6 is 11.3 Å². The minimum atomic E-state index is 0.00579. The van der Waals surface area contributed by atoms with Gasteiger partial charge in [-0.25, -0.2) is 4.98 Å². The molecule has 5 heteroatoms. The molecule has 17 heavy (non-hydrogen) atoms. The first-order chi connectivity index (χ1) is 8.22. The van der Waals surface area contributed by atoms with Crippen molar-refractivity contribution in [1.82, 2.24) is 9.55 Å². The number of nitrogen functional groups attached to an aromatic ring is 1. The second-order valence-corrected chi connectivity index (χ2v) is 4.73. The molecule has 2 N–H and O–H groups in total. The molecule has 0 aliphatic heterocycles. The minimum Gasteiger partial charge on any atom is -0.375 e. The van der Waals surface area contributed by atoms with Crippen molar-refractivity contribution in [3.8, 4) is 11.3 Å². The molecule has 0 atom stereocenters. The van der Waals surface area contributed by atoms with Crippen LogP contribution in [0.4, 0.5) is 5.13 Å². The Balaban J connectivity index is 2.39. The van der Waals surface area contributed by atoms with Crippen molar-refractivity contribution in [3.05, 3.63) is 34.1 Å². The van der Waals surface area contributed by atoms with Gasteiger partial charge in [0.25, 0.3) is 5.56 Å². The molecule has 90 valence electrons. The summed E-state index contributed by atoms with van der Waals surface area (Å²) in [5.74, 6) is 0. The fourth-order valence-corrected chi connectivity index (χ4v) is 2.21. The third-order valence-electron chi connectivity index (χ3n) is 2.57. The lowest BCUT2D eigenvalue weighted by molar-refractivity contribution is 0.614. The van der Waals surface area contributed by atoms with Gasteiger partial charge in [-0.05, 0) is 18.6 Å². The first-order valence-electron chi connectivity index (χ1n) is 5.63. The van der Waals surface area contributed by atoms with Crippen molar-refractivity contribution in [2.45, 2.75) is 26.3 Å². The third kappa shape index (κ3) is 2.55. The molecule has 0 aliphatic carbocycles. The smallest absolute Gasteiger partial charge is 0.260 e. The lowest BCUT2D eigenvalue weighted by Crippen LogP contribution is -2.20.